The molecule has 2 rings (SSSR count). The average Bonchev–Trinajstić information content (AvgIpc) is 2.41. The highest BCUT2D eigenvalue weighted by molar-refractivity contribution is 6.36. The van der Waals surface area contributed by atoms with Crippen molar-refractivity contribution >= 4 is 46.4 Å². The molecule has 0 fully saturated rings. The fraction of sp³-hybridized carbons (Fsp3) is 0. The summed E-state index contributed by atoms with van der Waals surface area (Å²) in [6.45, 7) is 0. The van der Waals surface area contributed by atoms with Gasteiger partial charge in [-0.25, -0.2) is 9.78 Å². The number of nitrogens with one attached hydrogen (secondary N) is 1. The number of pyridine rings is 1. The van der Waals surface area contributed by atoms with E-state index < -0.39 is 22.1 Å². The van der Waals surface area contributed by atoms with E-state index in [0.717, 1.165) is 12.3 Å². The molecular formula is C12H7Cl2N3O4. The number of anilines is 2. The predicted octanol–water partition coefficient (Wildman–Crippen LogP) is 3.74. The van der Waals surface area contributed by atoms with Gasteiger partial charge in [0.1, 0.15) is 17.6 Å². The fourth-order valence-corrected chi connectivity index (χ4v) is 2.02. The standard InChI is InChI=1S/C12H7Cl2N3O4/c13-6-1-2-9(8(14)3-6)16-11-4-7(12(18)19)10(5-15-11)17(20)21/h1-5H,(H,15,16)(H,18,19). The van der Waals surface area contributed by atoms with Gasteiger partial charge in [0.2, 0.25) is 0 Å². The van der Waals surface area contributed by atoms with E-state index in [4.69, 9.17) is 28.3 Å². The largest absolute Gasteiger partial charge is 0.477 e. The molecule has 0 aliphatic carbocycles. The molecule has 0 amide bonds. The molecule has 0 aliphatic rings. The van der Waals surface area contributed by atoms with Crippen LogP contribution < -0.4 is 5.32 Å². The minimum atomic E-state index is -1.42. The molecule has 0 spiro atoms. The Morgan fingerprint density at radius 1 is 1.33 bits per heavy atom. The van der Waals surface area contributed by atoms with Gasteiger partial charge in [-0.3, -0.25) is 10.1 Å². The van der Waals surface area contributed by atoms with Crippen molar-refractivity contribution < 1.29 is 14.8 Å². The lowest BCUT2D eigenvalue weighted by Gasteiger charge is -2.08. The number of carbonyl (C=O) groups is 1. The average molecular weight is 328 g/mol. The number of hydrogen-bond acceptors (Lipinski definition) is 5. The van der Waals surface area contributed by atoms with Gasteiger partial charge < -0.3 is 10.4 Å². The number of aromatic nitrogens is 1. The second-order valence-electron chi connectivity index (χ2n) is 3.90. The number of rotatable bonds is 4. The summed E-state index contributed by atoms with van der Waals surface area (Å²) in [6, 6.07) is 5.72. The first kappa shape index (κ1) is 15.0. The normalized spacial score (nSPS) is 10.2. The van der Waals surface area contributed by atoms with Crippen LogP contribution >= 0.6 is 23.2 Å². The Morgan fingerprint density at radius 3 is 2.62 bits per heavy atom. The Hall–Kier alpha value is -2.38. The van der Waals surface area contributed by atoms with E-state index in [0.29, 0.717) is 15.7 Å². The zero-order valence-corrected chi connectivity index (χ0v) is 11.7. The van der Waals surface area contributed by atoms with E-state index >= 15 is 0 Å². The molecule has 0 radical (unpaired) electrons. The van der Waals surface area contributed by atoms with Gasteiger partial charge in [-0.2, -0.15) is 0 Å². The van der Waals surface area contributed by atoms with Crippen molar-refractivity contribution in [3.63, 3.8) is 0 Å². The predicted molar refractivity (Wildman–Crippen MR) is 77.6 cm³/mol. The molecule has 2 aromatic rings. The first-order chi connectivity index (χ1) is 9.88. The zero-order chi connectivity index (χ0) is 15.6. The molecule has 0 atom stereocenters. The minimum absolute atomic E-state index is 0.113. The Bertz CT molecular complexity index is 736. The van der Waals surface area contributed by atoms with E-state index in [-0.39, 0.29) is 5.82 Å². The first-order valence-electron chi connectivity index (χ1n) is 5.48. The van der Waals surface area contributed by atoms with Gasteiger partial charge in [0.05, 0.1) is 15.6 Å². The van der Waals surface area contributed by atoms with E-state index in [2.05, 4.69) is 10.3 Å². The monoisotopic (exact) mass is 327 g/mol. The van der Waals surface area contributed by atoms with Crippen LogP contribution in [0.4, 0.5) is 17.2 Å². The molecule has 21 heavy (non-hydrogen) atoms. The molecule has 0 unspecified atom stereocenters. The molecule has 1 aromatic heterocycles. The quantitative estimate of drug-likeness (QED) is 0.654. The lowest BCUT2D eigenvalue weighted by atomic mass is 10.2. The Labute approximate surface area is 128 Å². The molecule has 0 saturated carbocycles. The number of nitrogens with zero attached hydrogens (tertiary/aromatic N) is 2. The number of aromatic carboxylic acids is 1. The van der Waals surface area contributed by atoms with Crippen LogP contribution in [0.2, 0.25) is 10.0 Å². The lowest BCUT2D eigenvalue weighted by molar-refractivity contribution is -0.385. The molecule has 7 nitrogen and oxygen atoms in total. The second kappa shape index (κ2) is 5.94. The summed E-state index contributed by atoms with van der Waals surface area (Å²) in [5.41, 5.74) is -0.614. The summed E-state index contributed by atoms with van der Waals surface area (Å²) in [4.78, 5) is 24.8. The van der Waals surface area contributed by atoms with Crippen molar-refractivity contribution in [1.82, 2.24) is 4.98 Å². The molecule has 1 heterocycles. The maximum absolute atomic E-state index is 11.0. The van der Waals surface area contributed by atoms with Crippen molar-refractivity contribution in [2.24, 2.45) is 0 Å². The van der Waals surface area contributed by atoms with Crippen LogP contribution in [0.1, 0.15) is 10.4 Å². The Kier molecular flexibility index (Phi) is 4.25. The topological polar surface area (TPSA) is 105 Å². The Balaban J connectivity index is 2.39. The number of carboxylic acids is 1. The summed E-state index contributed by atoms with van der Waals surface area (Å²) >= 11 is 11.7. The van der Waals surface area contributed by atoms with Crippen molar-refractivity contribution in [2.75, 3.05) is 5.32 Å². The van der Waals surface area contributed by atoms with Gasteiger partial charge >= 0.3 is 11.7 Å². The summed E-state index contributed by atoms with van der Waals surface area (Å²) in [7, 11) is 0. The van der Waals surface area contributed by atoms with Gasteiger partial charge in [0.25, 0.3) is 0 Å². The van der Waals surface area contributed by atoms with Crippen LogP contribution in [-0.2, 0) is 0 Å². The highest BCUT2D eigenvalue weighted by Crippen LogP contribution is 2.29. The van der Waals surface area contributed by atoms with E-state index in [9.17, 15) is 14.9 Å². The highest BCUT2D eigenvalue weighted by atomic mass is 35.5. The van der Waals surface area contributed by atoms with Crippen LogP contribution in [0, 0.1) is 10.1 Å². The summed E-state index contributed by atoms with van der Waals surface area (Å²) in [5, 5.41) is 23.2. The molecular weight excluding hydrogens is 321 g/mol. The second-order valence-corrected chi connectivity index (χ2v) is 4.74. The van der Waals surface area contributed by atoms with Crippen LogP contribution in [-0.4, -0.2) is 21.0 Å². The van der Waals surface area contributed by atoms with Gasteiger partial charge in [0, 0.05) is 11.1 Å². The first-order valence-corrected chi connectivity index (χ1v) is 6.24. The van der Waals surface area contributed by atoms with Gasteiger partial charge in [-0.15, -0.1) is 0 Å². The third-order valence-corrected chi connectivity index (χ3v) is 3.05. The summed E-state index contributed by atoms with van der Waals surface area (Å²) < 4.78 is 0. The smallest absolute Gasteiger partial charge is 0.342 e. The lowest BCUT2D eigenvalue weighted by Crippen LogP contribution is -2.05. The Morgan fingerprint density at radius 2 is 2.05 bits per heavy atom. The number of carboxylic acid groups (broad SMARTS) is 1. The highest BCUT2D eigenvalue weighted by Gasteiger charge is 2.21. The maximum atomic E-state index is 11.0. The van der Waals surface area contributed by atoms with E-state index in [1.165, 1.54) is 6.07 Å². The van der Waals surface area contributed by atoms with Gasteiger partial charge in [-0.1, -0.05) is 23.2 Å². The van der Waals surface area contributed by atoms with Gasteiger partial charge in [-0.05, 0) is 18.2 Å². The number of nitro groups is 1. The van der Waals surface area contributed by atoms with Gasteiger partial charge in [0.15, 0.2) is 0 Å². The summed E-state index contributed by atoms with van der Waals surface area (Å²) in [5.74, 6) is -1.31. The molecule has 2 N–H and O–H groups in total. The SMILES string of the molecule is O=C(O)c1cc(Nc2ccc(Cl)cc2Cl)ncc1[N+](=O)[O-]. The van der Waals surface area contributed by atoms with Crippen molar-refractivity contribution in [1.29, 1.82) is 0 Å². The molecule has 9 heteroatoms. The van der Waals surface area contributed by atoms with Crippen LogP contribution in [0.5, 0.6) is 0 Å². The molecule has 0 aliphatic heterocycles. The van der Waals surface area contributed by atoms with Crippen LogP contribution in [0.3, 0.4) is 0 Å². The van der Waals surface area contributed by atoms with Crippen molar-refractivity contribution in [3.8, 4) is 0 Å². The molecule has 0 bridgehead atoms. The third-order valence-electron chi connectivity index (χ3n) is 2.50. The fourth-order valence-electron chi connectivity index (χ4n) is 1.56. The number of hydrogen-bond donors (Lipinski definition) is 2. The summed E-state index contributed by atoms with van der Waals surface area (Å²) in [6.07, 6.45) is 0.871. The van der Waals surface area contributed by atoms with E-state index in [1.807, 2.05) is 0 Å². The van der Waals surface area contributed by atoms with Crippen molar-refractivity contribution in [2.45, 2.75) is 0 Å². The van der Waals surface area contributed by atoms with E-state index in [1.54, 1.807) is 12.1 Å². The zero-order valence-electron chi connectivity index (χ0n) is 10.2. The number of benzene rings is 1. The van der Waals surface area contributed by atoms with Crippen molar-refractivity contribution in [3.05, 3.63) is 56.2 Å². The maximum Gasteiger partial charge on any atom is 0.342 e. The van der Waals surface area contributed by atoms with Crippen LogP contribution in [0.15, 0.2) is 30.5 Å². The molecule has 0 saturated heterocycles. The third kappa shape index (κ3) is 3.39. The molecule has 108 valence electrons. The minimum Gasteiger partial charge on any atom is -0.477 e. The van der Waals surface area contributed by atoms with Crippen LogP contribution in [0.25, 0.3) is 0 Å². The number of halogens is 2. The molecule has 1 aromatic carbocycles.